The summed E-state index contributed by atoms with van der Waals surface area (Å²) in [5.74, 6) is -0.312. The zero-order chi connectivity index (χ0) is 18.9. The van der Waals surface area contributed by atoms with Crippen molar-refractivity contribution in [2.24, 2.45) is 4.99 Å². The molecule has 4 nitrogen and oxygen atoms in total. The Kier molecular flexibility index (Phi) is 4.97. The van der Waals surface area contributed by atoms with E-state index >= 15 is 0 Å². The molecule has 1 aliphatic heterocycles. The summed E-state index contributed by atoms with van der Waals surface area (Å²) < 4.78 is 38.7. The molecule has 0 aromatic heterocycles. The quantitative estimate of drug-likeness (QED) is 0.703. The third-order valence-corrected chi connectivity index (χ3v) is 4.57. The van der Waals surface area contributed by atoms with Crippen molar-refractivity contribution in [3.63, 3.8) is 0 Å². The van der Waals surface area contributed by atoms with Gasteiger partial charge in [0.05, 0.1) is 21.2 Å². The molecule has 0 unspecified atom stereocenters. The highest BCUT2D eigenvalue weighted by Crippen LogP contribution is 2.37. The Bertz CT molecular complexity index is 925. The van der Waals surface area contributed by atoms with E-state index in [1.807, 2.05) is 0 Å². The van der Waals surface area contributed by atoms with Gasteiger partial charge in [0.2, 0.25) is 0 Å². The van der Waals surface area contributed by atoms with Crippen molar-refractivity contribution in [2.45, 2.75) is 6.18 Å². The Balaban J connectivity index is 1.85. The third kappa shape index (κ3) is 4.20. The number of nitrogens with zero attached hydrogens (tertiary/aromatic N) is 1. The Hall–Kier alpha value is -2.45. The van der Waals surface area contributed by atoms with Crippen LogP contribution in [0.25, 0.3) is 6.08 Å². The first-order valence-electron chi connectivity index (χ1n) is 7.18. The minimum Gasteiger partial charge on any atom is -0.508 e. The van der Waals surface area contributed by atoms with Crippen molar-refractivity contribution in [3.8, 4) is 5.75 Å². The van der Waals surface area contributed by atoms with Gasteiger partial charge in [0.25, 0.3) is 5.91 Å². The van der Waals surface area contributed by atoms with E-state index in [0.29, 0.717) is 10.5 Å². The van der Waals surface area contributed by atoms with Crippen LogP contribution in [0.3, 0.4) is 0 Å². The lowest BCUT2D eigenvalue weighted by atomic mass is 10.2. The highest BCUT2D eigenvalue weighted by atomic mass is 35.5. The second-order valence-electron chi connectivity index (χ2n) is 5.24. The Labute approximate surface area is 155 Å². The van der Waals surface area contributed by atoms with Gasteiger partial charge in [-0.3, -0.25) is 4.79 Å². The molecule has 26 heavy (non-hydrogen) atoms. The average Bonchev–Trinajstić information content (AvgIpc) is 2.90. The maximum absolute atomic E-state index is 12.9. The number of aliphatic imine (C=N–C) groups is 1. The first kappa shape index (κ1) is 18.3. The summed E-state index contributed by atoms with van der Waals surface area (Å²) >= 11 is 6.58. The van der Waals surface area contributed by atoms with Crippen molar-refractivity contribution in [3.05, 3.63) is 63.5 Å². The Morgan fingerprint density at radius 1 is 1.15 bits per heavy atom. The number of nitrogens with one attached hydrogen (secondary N) is 1. The van der Waals surface area contributed by atoms with Crippen LogP contribution in [0.1, 0.15) is 11.1 Å². The van der Waals surface area contributed by atoms with E-state index in [1.54, 1.807) is 18.2 Å². The monoisotopic (exact) mass is 398 g/mol. The number of alkyl halides is 3. The number of hydrogen-bond acceptors (Lipinski definition) is 4. The smallest absolute Gasteiger partial charge is 0.417 e. The molecular formula is C17H10ClF3N2O2S. The number of rotatable bonds is 2. The number of thioether (sulfide) groups is 1. The van der Waals surface area contributed by atoms with Crippen LogP contribution in [0.15, 0.2) is 52.4 Å². The standard InChI is InChI=1S/C17H10ClF3N2O2S/c18-13-6-3-10(8-12(13)17(19,20)21)22-16-23-15(25)14(26-16)7-9-1-4-11(24)5-2-9/h1-8,24H,(H,22,23,25)/b14-7-. The molecule has 0 aliphatic carbocycles. The first-order valence-corrected chi connectivity index (χ1v) is 8.37. The van der Waals surface area contributed by atoms with E-state index in [-0.39, 0.29) is 16.6 Å². The number of hydrogen-bond donors (Lipinski definition) is 2. The Morgan fingerprint density at radius 2 is 1.85 bits per heavy atom. The van der Waals surface area contributed by atoms with Gasteiger partial charge in [0.15, 0.2) is 5.17 Å². The number of carbonyl (C=O) groups excluding carboxylic acids is 1. The van der Waals surface area contributed by atoms with Gasteiger partial charge in [-0.2, -0.15) is 13.2 Å². The van der Waals surface area contributed by atoms with Crippen molar-refractivity contribution in [1.29, 1.82) is 0 Å². The summed E-state index contributed by atoms with van der Waals surface area (Å²) in [5, 5.41) is 11.5. The molecule has 134 valence electrons. The van der Waals surface area contributed by atoms with Gasteiger partial charge < -0.3 is 10.4 Å². The van der Waals surface area contributed by atoms with Gasteiger partial charge >= 0.3 is 6.18 Å². The molecule has 1 fully saturated rings. The van der Waals surface area contributed by atoms with Gasteiger partial charge in [-0.25, -0.2) is 4.99 Å². The molecule has 2 aromatic carbocycles. The zero-order valence-corrected chi connectivity index (χ0v) is 14.4. The van der Waals surface area contributed by atoms with Crippen LogP contribution in [0.2, 0.25) is 5.02 Å². The van der Waals surface area contributed by atoms with Crippen molar-refractivity contribution < 1.29 is 23.1 Å². The number of amides is 1. The predicted octanol–water partition coefficient (Wildman–Crippen LogP) is 4.96. The fraction of sp³-hybridized carbons (Fsp3) is 0.0588. The van der Waals surface area contributed by atoms with Crippen LogP contribution in [-0.4, -0.2) is 16.2 Å². The van der Waals surface area contributed by atoms with Crippen LogP contribution in [0.4, 0.5) is 18.9 Å². The van der Waals surface area contributed by atoms with E-state index in [9.17, 15) is 23.1 Å². The summed E-state index contributed by atoms with van der Waals surface area (Å²) in [6.07, 6.45) is -3.01. The molecule has 2 N–H and O–H groups in total. The lowest BCUT2D eigenvalue weighted by molar-refractivity contribution is -0.137. The topological polar surface area (TPSA) is 61.7 Å². The molecule has 1 heterocycles. The van der Waals surface area contributed by atoms with Gasteiger partial charge in [0.1, 0.15) is 5.75 Å². The van der Waals surface area contributed by atoms with Crippen molar-refractivity contribution in [2.75, 3.05) is 0 Å². The minimum atomic E-state index is -4.59. The number of benzene rings is 2. The maximum atomic E-state index is 12.9. The van der Waals surface area contributed by atoms with Gasteiger partial charge in [-0.1, -0.05) is 23.7 Å². The van der Waals surface area contributed by atoms with Crippen LogP contribution < -0.4 is 5.32 Å². The molecule has 0 radical (unpaired) electrons. The molecule has 1 aliphatic rings. The molecule has 0 spiro atoms. The van der Waals surface area contributed by atoms with Crippen LogP contribution in [0, 0.1) is 0 Å². The fourth-order valence-electron chi connectivity index (χ4n) is 2.12. The molecule has 0 bridgehead atoms. The SMILES string of the molecule is O=C1NC(=Nc2ccc(Cl)c(C(F)(F)F)c2)S/C1=C\c1ccc(O)cc1. The number of halogens is 4. The summed E-state index contributed by atoms with van der Waals surface area (Å²) in [6.45, 7) is 0. The molecule has 3 rings (SSSR count). The average molecular weight is 399 g/mol. The van der Waals surface area contributed by atoms with Crippen molar-refractivity contribution in [1.82, 2.24) is 5.32 Å². The number of carbonyl (C=O) groups is 1. The molecule has 1 amide bonds. The molecular weight excluding hydrogens is 389 g/mol. The normalized spacial score (nSPS) is 17.8. The second-order valence-corrected chi connectivity index (χ2v) is 6.67. The Morgan fingerprint density at radius 3 is 2.50 bits per heavy atom. The molecule has 0 atom stereocenters. The number of phenolic OH excluding ortho intramolecular Hbond substituents is 1. The minimum absolute atomic E-state index is 0.0235. The van der Waals surface area contributed by atoms with E-state index < -0.39 is 22.7 Å². The van der Waals surface area contributed by atoms with E-state index in [0.717, 1.165) is 23.9 Å². The van der Waals surface area contributed by atoms with E-state index in [1.165, 1.54) is 18.2 Å². The molecule has 0 saturated carbocycles. The molecule has 9 heteroatoms. The number of phenols is 1. The summed E-state index contributed by atoms with van der Waals surface area (Å²) in [4.78, 5) is 16.4. The van der Waals surface area contributed by atoms with Gasteiger partial charge in [-0.05, 0) is 53.7 Å². The van der Waals surface area contributed by atoms with Gasteiger partial charge in [-0.15, -0.1) is 0 Å². The lowest BCUT2D eigenvalue weighted by Gasteiger charge is -2.09. The molecule has 1 saturated heterocycles. The van der Waals surface area contributed by atoms with Crippen molar-refractivity contribution >= 4 is 46.2 Å². The number of aromatic hydroxyl groups is 1. The predicted molar refractivity (Wildman–Crippen MR) is 95.4 cm³/mol. The van der Waals surface area contributed by atoms with Gasteiger partial charge in [0, 0.05) is 0 Å². The van der Waals surface area contributed by atoms with Crippen LogP contribution in [0.5, 0.6) is 5.75 Å². The highest BCUT2D eigenvalue weighted by molar-refractivity contribution is 8.18. The third-order valence-electron chi connectivity index (χ3n) is 3.33. The van der Waals surface area contributed by atoms with Crippen LogP contribution in [-0.2, 0) is 11.0 Å². The largest absolute Gasteiger partial charge is 0.508 e. The highest BCUT2D eigenvalue weighted by Gasteiger charge is 2.33. The molecule has 2 aromatic rings. The van der Waals surface area contributed by atoms with E-state index in [2.05, 4.69) is 10.3 Å². The summed E-state index contributed by atoms with van der Waals surface area (Å²) in [7, 11) is 0. The summed E-state index contributed by atoms with van der Waals surface area (Å²) in [6, 6.07) is 9.47. The first-order chi connectivity index (χ1) is 12.2. The fourth-order valence-corrected chi connectivity index (χ4v) is 3.19. The second kappa shape index (κ2) is 7.05. The lowest BCUT2D eigenvalue weighted by Crippen LogP contribution is -2.19. The summed E-state index contributed by atoms with van der Waals surface area (Å²) in [5.41, 5.74) is -0.279. The van der Waals surface area contributed by atoms with Crippen LogP contribution >= 0.6 is 23.4 Å². The van der Waals surface area contributed by atoms with E-state index in [4.69, 9.17) is 11.6 Å². The zero-order valence-electron chi connectivity index (χ0n) is 12.8. The number of amidine groups is 1. The maximum Gasteiger partial charge on any atom is 0.417 e.